The third-order valence-corrected chi connectivity index (χ3v) is 12.4. The van der Waals surface area contributed by atoms with Crippen LogP contribution in [0.3, 0.4) is 0 Å². The van der Waals surface area contributed by atoms with E-state index >= 15 is 0 Å². The molecule has 2 aromatic heterocycles. The van der Waals surface area contributed by atoms with Crippen molar-refractivity contribution < 1.29 is 8.82 Å². The summed E-state index contributed by atoms with van der Waals surface area (Å²) in [5, 5.41) is 4.61. The van der Waals surface area contributed by atoms with Gasteiger partial charge in [-0.3, -0.25) is 0 Å². The van der Waals surface area contributed by atoms with Gasteiger partial charge in [0.15, 0.2) is 8.32 Å². The van der Waals surface area contributed by atoms with Gasteiger partial charge in [0.25, 0.3) is 0 Å². The molecule has 2 heterocycles. The molecule has 0 radical (unpaired) electrons. The standard InChI is InChI=1S/C28H41FN4OSi/c1-7-8-17-30-27-31-18-24-25(20-9-11-21(29)12-10-20)19-33(26(24)32-27)22-13-15-23(16-14-22)34-35(5,6)28(2,3)4/h9-12,18-19,22-23H,7-8,13-17H2,1-6H3,(H,30,31,32). The fourth-order valence-electron chi connectivity index (χ4n) is 4.66. The van der Waals surface area contributed by atoms with Gasteiger partial charge in [-0.1, -0.05) is 46.2 Å². The minimum Gasteiger partial charge on any atom is -0.414 e. The first-order valence-electron chi connectivity index (χ1n) is 13.1. The molecule has 1 aliphatic rings. The number of nitrogens with zero attached hydrogens (tertiary/aromatic N) is 3. The molecule has 7 heteroatoms. The maximum Gasteiger partial charge on any atom is 0.224 e. The van der Waals surface area contributed by atoms with Crippen LogP contribution >= 0.6 is 0 Å². The van der Waals surface area contributed by atoms with Crippen molar-refractivity contribution in [2.75, 3.05) is 11.9 Å². The molecule has 5 nitrogen and oxygen atoms in total. The molecule has 1 aromatic carbocycles. The number of hydrogen-bond donors (Lipinski definition) is 1. The van der Waals surface area contributed by atoms with Gasteiger partial charge < -0.3 is 14.3 Å². The minimum absolute atomic E-state index is 0.225. The van der Waals surface area contributed by atoms with Gasteiger partial charge in [-0.2, -0.15) is 4.98 Å². The Bertz CT molecular complexity index is 1130. The van der Waals surface area contributed by atoms with Crippen molar-refractivity contribution in [1.29, 1.82) is 0 Å². The zero-order valence-corrected chi connectivity index (χ0v) is 23.2. The van der Waals surface area contributed by atoms with Crippen molar-refractivity contribution >= 4 is 25.3 Å². The van der Waals surface area contributed by atoms with Crippen LogP contribution in [0, 0.1) is 5.82 Å². The van der Waals surface area contributed by atoms with Crippen molar-refractivity contribution in [3.63, 3.8) is 0 Å². The summed E-state index contributed by atoms with van der Waals surface area (Å²) in [7, 11) is -1.77. The summed E-state index contributed by atoms with van der Waals surface area (Å²) in [6.45, 7) is 14.6. The summed E-state index contributed by atoms with van der Waals surface area (Å²) in [5.74, 6) is 0.446. The SMILES string of the molecule is CCCCNc1ncc2c(-c3ccc(F)cc3)cn(C3CCC(O[Si](C)(C)C(C)(C)C)CC3)c2n1. The van der Waals surface area contributed by atoms with Crippen LogP contribution in [0.2, 0.25) is 18.1 Å². The lowest BCUT2D eigenvalue weighted by atomic mass is 9.93. The molecule has 3 aromatic rings. The predicted molar refractivity (Wildman–Crippen MR) is 146 cm³/mol. The number of fused-ring (bicyclic) bond motifs is 1. The highest BCUT2D eigenvalue weighted by atomic mass is 28.4. The molecular formula is C28H41FN4OSi. The Labute approximate surface area is 210 Å². The summed E-state index contributed by atoms with van der Waals surface area (Å²) >= 11 is 0. The maximum absolute atomic E-state index is 13.6. The highest BCUT2D eigenvalue weighted by Gasteiger charge is 2.40. The quantitative estimate of drug-likeness (QED) is 0.254. The van der Waals surface area contributed by atoms with Crippen molar-refractivity contribution in [3.8, 4) is 11.1 Å². The van der Waals surface area contributed by atoms with Gasteiger partial charge in [0.2, 0.25) is 5.95 Å². The van der Waals surface area contributed by atoms with E-state index in [1.807, 2.05) is 18.3 Å². The Morgan fingerprint density at radius 1 is 1.11 bits per heavy atom. The Morgan fingerprint density at radius 2 is 1.80 bits per heavy atom. The molecule has 0 atom stereocenters. The van der Waals surface area contributed by atoms with Gasteiger partial charge in [0.1, 0.15) is 11.5 Å². The van der Waals surface area contributed by atoms with Gasteiger partial charge in [-0.05, 0) is 67.9 Å². The van der Waals surface area contributed by atoms with Crippen LogP contribution in [0.5, 0.6) is 0 Å². The van der Waals surface area contributed by atoms with E-state index in [-0.39, 0.29) is 10.9 Å². The number of aromatic nitrogens is 3. The summed E-state index contributed by atoms with van der Waals surface area (Å²) < 4.78 is 22.7. The Morgan fingerprint density at radius 3 is 2.43 bits per heavy atom. The number of rotatable bonds is 8. The second kappa shape index (κ2) is 10.4. The molecular weight excluding hydrogens is 455 g/mol. The minimum atomic E-state index is -1.77. The van der Waals surface area contributed by atoms with E-state index in [9.17, 15) is 4.39 Å². The number of hydrogen-bond acceptors (Lipinski definition) is 4. The van der Waals surface area contributed by atoms with Crippen LogP contribution in [0.15, 0.2) is 36.7 Å². The average molecular weight is 497 g/mol. The summed E-state index contributed by atoms with van der Waals surface area (Å²) in [6.07, 6.45) is 10.9. The highest BCUT2D eigenvalue weighted by molar-refractivity contribution is 6.74. The van der Waals surface area contributed by atoms with E-state index in [2.05, 4.69) is 61.9 Å². The van der Waals surface area contributed by atoms with Gasteiger partial charge >= 0.3 is 0 Å². The zero-order valence-electron chi connectivity index (χ0n) is 22.2. The first-order chi connectivity index (χ1) is 16.6. The van der Waals surface area contributed by atoms with E-state index < -0.39 is 8.32 Å². The number of nitrogens with one attached hydrogen (secondary N) is 1. The van der Waals surface area contributed by atoms with Crippen LogP contribution in [0.25, 0.3) is 22.2 Å². The lowest BCUT2D eigenvalue weighted by Crippen LogP contribution is -2.44. The van der Waals surface area contributed by atoms with Crippen LogP contribution in [-0.4, -0.2) is 35.5 Å². The molecule has 0 saturated heterocycles. The largest absolute Gasteiger partial charge is 0.414 e. The molecule has 0 amide bonds. The van der Waals surface area contributed by atoms with Crippen molar-refractivity contribution in [2.24, 2.45) is 0 Å². The number of unbranched alkanes of at least 4 members (excludes halogenated alkanes) is 1. The maximum atomic E-state index is 13.6. The molecule has 0 aliphatic heterocycles. The van der Waals surface area contributed by atoms with E-state index in [0.717, 1.165) is 67.2 Å². The lowest BCUT2D eigenvalue weighted by Gasteiger charge is -2.41. The lowest BCUT2D eigenvalue weighted by molar-refractivity contribution is 0.119. The Balaban J connectivity index is 1.61. The van der Waals surface area contributed by atoms with Crippen molar-refractivity contribution in [1.82, 2.24) is 14.5 Å². The van der Waals surface area contributed by atoms with Crippen LogP contribution in [-0.2, 0) is 4.43 Å². The fraction of sp³-hybridized carbons (Fsp3) is 0.571. The molecule has 35 heavy (non-hydrogen) atoms. The molecule has 1 aliphatic carbocycles. The number of halogens is 1. The number of anilines is 1. The van der Waals surface area contributed by atoms with E-state index in [4.69, 9.17) is 9.41 Å². The van der Waals surface area contributed by atoms with Gasteiger partial charge in [-0.25, -0.2) is 9.37 Å². The normalized spacial score (nSPS) is 19.3. The summed E-state index contributed by atoms with van der Waals surface area (Å²) in [5.41, 5.74) is 2.99. The first kappa shape index (κ1) is 25.8. The molecule has 0 bridgehead atoms. The van der Waals surface area contributed by atoms with Gasteiger partial charge in [0, 0.05) is 42.0 Å². The second-order valence-electron chi connectivity index (χ2n) is 11.5. The molecule has 4 rings (SSSR count). The predicted octanol–water partition coefficient (Wildman–Crippen LogP) is 7.95. The Kier molecular flexibility index (Phi) is 7.67. The van der Waals surface area contributed by atoms with Gasteiger partial charge in [0.05, 0.1) is 0 Å². The molecule has 1 saturated carbocycles. The molecule has 1 fully saturated rings. The molecule has 1 N–H and O–H groups in total. The highest BCUT2D eigenvalue weighted by Crippen LogP contribution is 2.41. The third kappa shape index (κ3) is 5.77. The smallest absolute Gasteiger partial charge is 0.224 e. The Hall–Kier alpha value is -2.25. The van der Waals surface area contributed by atoms with E-state index in [1.54, 1.807) is 0 Å². The van der Waals surface area contributed by atoms with Gasteiger partial charge in [-0.15, -0.1) is 0 Å². The summed E-state index contributed by atoms with van der Waals surface area (Å²) in [6, 6.07) is 7.08. The molecule has 0 unspecified atom stereocenters. The monoisotopic (exact) mass is 496 g/mol. The summed E-state index contributed by atoms with van der Waals surface area (Å²) in [4.78, 5) is 9.53. The average Bonchev–Trinajstić information content (AvgIpc) is 3.18. The number of benzene rings is 1. The van der Waals surface area contributed by atoms with Crippen LogP contribution in [0.4, 0.5) is 10.3 Å². The third-order valence-electron chi connectivity index (χ3n) is 7.84. The van der Waals surface area contributed by atoms with Crippen LogP contribution < -0.4 is 5.32 Å². The van der Waals surface area contributed by atoms with E-state index in [0.29, 0.717) is 18.1 Å². The van der Waals surface area contributed by atoms with Crippen LogP contribution in [0.1, 0.15) is 72.3 Å². The molecule has 0 spiro atoms. The molecule has 190 valence electrons. The second-order valence-corrected chi connectivity index (χ2v) is 16.2. The van der Waals surface area contributed by atoms with Crippen molar-refractivity contribution in [2.45, 2.75) is 96.5 Å². The van der Waals surface area contributed by atoms with Crippen molar-refractivity contribution in [3.05, 3.63) is 42.5 Å². The van der Waals surface area contributed by atoms with E-state index in [1.165, 1.54) is 12.1 Å². The topological polar surface area (TPSA) is 52.0 Å². The first-order valence-corrected chi connectivity index (χ1v) is 16.0. The zero-order chi connectivity index (χ0) is 25.2. The fourth-order valence-corrected chi connectivity index (χ4v) is 6.09.